The lowest BCUT2D eigenvalue weighted by atomic mass is 10.1. The Morgan fingerprint density at radius 3 is 2.43 bits per heavy atom. The molecule has 1 amide bonds. The van der Waals surface area contributed by atoms with Crippen molar-refractivity contribution in [2.24, 2.45) is 5.73 Å². The van der Waals surface area contributed by atoms with Gasteiger partial charge in [-0.2, -0.15) is 0 Å². The molecule has 0 rings (SSSR count). The first-order chi connectivity index (χ1) is 6.49. The van der Waals surface area contributed by atoms with Gasteiger partial charge in [0.05, 0.1) is 6.10 Å². The summed E-state index contributed by atoms with van der Waals surface area (Å²) >= 11 is 0. The molecule has 82 valence electrons. The molecule has 0 aromatic heterocycles. The molecule has 0 fully saturated rings. The summed E-state index contributed by atoms with van der Waals surface area (Å²) in [5.41, 5.74) is 5.18. The van der Waals surface area contributed by atoms with Gasteiger partial charge < -0.3 is 21.3 Å². The minimum Gasteiger partial charge on any atom is -0.480 e. The number of amides is 1. The second-order valence-electron chi connectivity index (χ2n) is 3.02. The molecule has 0 aliphatic carbocycles. The van der Waals surface area contributed by atoms with E-state index in [0.29, 0.717) is 13.0 Å². The van der Waals surface area contributed by atoms with Crippen molar-refractivity contribution in [3.63, 3.8) is 0 Å². The third-order valence-electron chi connectivity index (χ3n) is 1.67. The Labute approximate surface area is 82.1 Å². The first-order valence-electron chi connectivity index (χ1n) is 4.39. The molecule has 0 saturated heterocycles. The van der Waals surface area contributed by atoms with E-state index in [9.17, 15) is 9.59 Å². The fourth-order valence-corrected chi connectivity index (χ4v) is 0.897. The third kappa shape index (κ3) is 4.78. The largest absolute Gasteiger partial charge is 0.480 e. The first kappa shape index (κ1) is 12.9. The molecule has 0 aromatic rings. The van der Waals surface area contributed by atoms with Gasteiger partial charge in [-0.25, -0.2) is 4.79 Å². The van der Waals surface area contributed by atoms with Crippen LogP contribution >= 0.6 is 0 Å². The number of aliphatic hydroxyl groups excluding tert-OH is 1. The SMILES string of the molecule is CC(O)C(NC(=O)CCCN)C(=O)O. The van der Waals surface area contributed by atoms with Crippen LogP contribution in [-0.2, 0) is 9.59 Å². The molecule has 0 aliphatic heterocycles. The van der Waals surface area contributed by atoms with Crippen molar-refractivity contribution in [1.29, 1.82) is 0 Å². The number of carboxylic acid groups (broad SMARTS) is 1. The van der Waals surface area contributed by atoms with Crippen LogP contribution in [0.5, 0.6) is 0 Å². The van der Waals surface area contributed by atoms with Crippen molar-refractivity contribution in [2.45, 2.75) is 31.9 Å². The smallest absolute Gasteiger partial charge is 0.328 e. The molecule has 6 heteroatoms. The van der Waals surface area contributed by atoms with Crippen molar-refractivity contribution < 1.29 is 19.8 Å². The molecule has 0 aliphatic rings. The third-order valence-corrected chi connectivity index (χ3v) is 1.67. The highest BCUT2D eigenvalue weighted by Gasteiger charge is 2.24. The van der Waals surface area contributed by atoms with Crippen molar-refractivity contribution in [3.8, 4) is 0 Å². The van der Waals surface area contributed by atoms with E-state index >= 15 is 0 Å². The first-order valence-corrected chi connectivity index (χ1v) is 4.39. The van der Waals surface area contributed by atoms with E-state index in [1.54, 1.807) is 0 Å². The number of hydrogen-bond donors (Lipinski definition) is 4. The van der Waals surface area contributed by atoms with E-state index in [-0.39, 0.29) is 6.42 Å². The van der Waals surface area contributed by atoms with Crippen LogP contribution in [0.25, 0.3) is 0 Å². The lowest BCUT2D eigenvalue weighted by molar-refractivity contribution is -0.144. The van der Waals surface area contributed by atoms with Crippen LogP contribution in [0.2, 0.25) is 0 Å². The highest BCUT2D eigenvalue weighted by molar-refractivity contribution is 5.83. The normalized spacial score (nSPS) is 14.5. The van der Waals surface area contributed by atoms with Crippen LogP contribution in [0.4, 0.5) is 0 Å². The Morgan fingerprint density at radius 1 is 1.50 bits per heavy atom. The van der Waals surface area contributed by atoms with Gasteiger partial charge in [0, 0.05) is 6.42 Å². The minimum atomic E-state index is -1.25. The average Bonchev–Trinajstić information content (AvgIpc) is 2.09. The number of nitrogens with one attached hydrogen (secondary N) is 1. The summed E-state index contributed by atoms with van der Waals surface area (Å²) in [6, 6.07) is -1.25. The second kappa shape index (κ2) is 6.33. The zero-order valence-electron chi connectivity index (χ0n) is 8.06. The molecule has 14 heavy (non-hydrogen) atoms. The number of carbonyl (C=O) groups excluding carboxylic acids is 1. The Bertz CT molecular complexity index is 206. The Balaban J connectivity index is 4.04. The molecule has 0 saturated carbocycles. The lowest BCUT2D eigenvalue weighted by Gasteiger charge is -2.16. The highest BCUT2D eigenvalue weighted by Crippen LogP contribution is 1.95. The summed E-state index contributed by atoms with van der Waals surface area (Å²) in [4.78, 5) is 21.6. The van der Waals surface area contributed by atoms with Crippen LogP contribution < -0.4 is 11.1 Å². The number of aliphatic hydroxyl groups is 1. The summed E-state index contributed by atoms with van der Waals surface area (Å²) in [5.74, 6) is -1.66. The van der Waals surface area contributed by atoms with Crippen LogP contribution in [-0.4, -0.2) is 40.8 Å². The molecule has 0 heterocycles. The Kier molecular flexibility index (Phi) is 5.82. The maximum atomic E-state index is 11.1. The van der Waals surface area contributed by atoms with E-state index in [0.717, 1.165) is 0 Å². The van der Waals surface area contributed by atoms with Gasteiger partial charge in [-0.3, -0.25) is 4.79 Å². The van der Waals surface area contributed by atoms with Crippen LogP contribution in [0, 0.1) is 0 Å². The van der Waals surface area contributed by atoms with Gasteiger partial charge in [0.1, 0.15) is 0 Å². The zero-order valence-corrected chi connectivity index (χ0v) is 8.06. The Hall–Kier alpha value is -1.14. The number of rotatable bonds is 6. The molecule has 6 nitrogen and oxygen atoms in total. The fourth-order valence-electron chi connectivity index (χ4n) is 0.897. The van der Waals surface area contributed by atoms with Gasteiger partial charge >= 0.3 is 5.97 Å². The van der Waals surface area contributed by atoms with E-state index in [1.807, 2.05) is 0 Å². The summed E-state index contributed by atoms with van der Waals surface area (Å²) in [6.45, 7) is 1.68. The summed E-state index contributed by atoms with van der Waals surface area (Å²) in [7, 11) is 0. The zero-order chi connectivity index (χ0) is 11.1. The predicted octanol–water partition coefficient (Wildman–Crippen LogP) is -1.32. The summed E-state index contributed by atoms with van der Waals surface area (Å²) < 4.78 is 0. The molecule has 2 atom stereocenters. The molecule has 2 unspecified atom stereocenters. The van der Waals surface area contributed by atoms with Gasteiger partial charge in [0.15, 0.2) is 6.04 Å². The van der Waals surface area contributed by atoms with E-state index in [4.69, 9.17) is 15.9 Å². The molecule has 0 aromatic carbocycles. The lowest BCUT2D eigenvalue weighted by Crippen LogP contribution is -2.47. The van der Waals surface area contributed by atoms with Gasteiger partial charge in [-0.1, -0.05) is 0 Å². The monoisotopic (exact) mass is 204 g/mol. The molecule has 0 radical (unpaired) electrons. The quantitative estimate of drug-likeness (QED) is 0.428. The van der Waals surface area contributed by atoms with Gasteiger partial charge in [-0.05, 0) is 19.9 Å². The molecule has 0 bridgehead atoms. The maximum Gasteiger partial charge on any atom is 0.328 e. The van der Waals surface area contributed by atoms with Crippen LogP contribution in [0.3, 0.4) is 0 Å². The van der Waals surface area contributed by atoms with Crippen molar-refractivity contribution >= 4 is 11.9 Å². The number of hydrogen-bond acceptors (Lipinski definition) is 4. The standard InChI is InChI=1S/C8H16N2O4/c1-5(11)7(8(13)14)10-6(12)3-2-4-9/h5,7,11H,2-4,9H2,1H3,(H,10,12)(H,13,14). The number of aliphatic carboxylic acids is 1. The van der Waals surface area contributed by atoms with Crippen molar-refractivity contribution in [3.05, 3.63) is 0 Å². The molecule has 0 spiro atoms. The van der Waals surface area contributed by atoms with Crippen LogP contribution in [0.15, 0.2) is 0 Å². The number of carboxylic acids is 1. The van der Waals surface area contributed by atoms with Gasteiger partial charge in [0.25, 0.3) is 0 Å². The van der Waals surface area contributed by atoms with Crippen LogP contribution in [0.1, 0.15) is 19.8 Å². The van der Waals surface area contributed by atoms with Gasteiger partial charge in [0.2, 0.25) is 5.91 Å². The Morgan fingerprint density at radius 2 is 2.07 bits per heavy atom. The maximum absolute atomic E-state index is 11.1. The number of nitrogens with two attached hydrogens (primary N) is 1. The number of carbonyl (C=O) groups is 2. The average molecular weight is 204 g/mol. The summed E-state index contributed by atoms with van der Waals surface area (Å²) in [6.07, 6.45) is -0.445. The topological polar surface area (TPSA) is 113 Å². The fraction of sp³-hybridized carbons (Fsp3) is 0.750. The molecular weight excluding hydrogens is 188 g/mol. The predicted molar refractivity (Wildman–Crippen MR) is 49.5 cm³/mol. The molecular formula is C8H16N2O4. The van der Waals surface area contributed by atoms with Crippen molar-refractivity contribution in [2.75, 3.05) is 6.54 Å². The minimum absolute atomic E-state index is 0.174. The summed E-state index contributed by atoms with van der Waals surface area (Å²) in [5, 5.41) is 19.9. The van der Waals surface area contributed by atoms with E-state index in [1.165, 1.54) is 6.92 Å². The molecule has 5 N–H and O–H groups in total. The second-order valence-corrected chi connectivity index (χ2v) is 3.02. The highest BCUT2D eigenvalue weighted by atomic mass is 16.4. The van der Waals surface area contributed by atoms with E-state index in [2.05, 4.69) is 5.32 Å². The van der Waals surface area contributed by atoms with Crippen molar-refractivity contribution in [1.82, 2.24) is 5.32 Å². The van der Waals surface area contributed by atoms with E-state index < -0.39 is 24.0 Å². The van der Waals surface area contributed by atoms with Gasteiger partial charge in [-0.15, -0.1) is 0 Å².